The first-order valence-corrected chi connectivity index (χ1v) is 4.52. The van der Waals surface area contributed by atoms with Gasteiger partial charge in [-0.3, -0.25) is 4.79 Å². The molecule has 1 rings (SSSR count). The SMILES string of the molecule is NC(C(=O)O)c1cc(Cl)sc1Cl. The Kier molecular flexibility index (Phi) is 2.95. The number of carbonyl (C=O) groups is 1. The predicted molar refractivity (Wildman–Crippen MR) is 48.9 cm³/mol. The number of carboxylic acids is 1. The molecular weight excluding hydrogens is 221 g/mol. The second-order valence-electron chi connectivity index (χ2n) is 2.10. The largest absolute Gasteiger partial charge is 0.480 e. The summed E-state index contributed by atoms with van der Waals surface area (Å²) in [6, 6.07) is 0.370. The van der Waals surface area contributed by atoms with E-state index in [1.54, 1.807) is 0 Å². The molecule has 0 saturated carbocycles. The zero-order valence-corrected chi connectivity index (χ0v) is 8.08. The molecule has 0 amide bonds. The Morgan fingerprint density at radius 1 is 1.67 bits per heavy atom. The molecule has 0 saturated heterocycles. The Labute approximate surface area is 82.7 Å². The first-order chi connectivity index (χ1) is 5.52. The summed E-state index contributed by atoms with van der Waals surface area (Å²) in [4.78, 5) is 10.4. The molecule has 3 nitrogen and oxygen atoms in total. The molecule has 0 aliphatic carbocycles. The molecule has 3 N–H and O–H groups in total. The Hall–Kier alpha value is -0.290. The van der Waals surface area contributed by atoms with Crippen molar-refractivity contribution in [2.45, 2.75) is 6.04 Å². The highest BCUT2D eigenvalue weighted by molar-refractivity contribution is 7.20. The highest BCUT2D eigenvalue weighted by atomic mass is 35.5. The second kappa shape index (κ2) is 3.62. The number of nitrogens with two attached hydrogens (primary N) is 1. The highest BCUT2D eigenvalue weighted by Crippen LogP contribution is 2.34. The average Bonchev–Trinajstić information content (AvgIpc) is 2.28. The minimum absolute atomic E-state index is 0.329. The van der Waals surface area contributed by atoms with E-state index in [0.29, 0.717) is 14.2 Å². The summed E-state index contributed by atoms with van der Waals surface area (Å²) >= 11 is 12.4. The number of halogens is 2. The number of hydrogen-bond acceptors (Lipinski definition) is 3. The van der Waals surface area contributed by atoms with E-state index in [0.717, 1.165) is 11.3 Å². The maximum absolute atomic E-state index is 10.4. The molecule has 0 aliphatic heterocycles. The van der Waals surface area contributed by atoms with E-state index in [4.69, 9.17) is 34.0 Å². The molecular formula is C6H5Cl2NO2S. The number of hydrogen-bond donors (Lipinski definition) is 2. The van der Waals surface area contributed by atoms with Crippen molar-refractivity contribution in [3.8, 4) is 0 Å². The third-order valence-electron chi connectivity index (χ3n) is 1.28. The van der Waals surface area contributed by atoms with Gasteiger partial charge in [-0.05, 0) is 6.07 Å². The Balaban J connectivity index is 3.02. The molecule has 6 heteroatoms. The van der Waals surface area contributed by atoms with Crippen LogP contribution < -0.4 is 5.73 Å². The van der Waals surface area contributed by atoms with Crippen LogP contribution in [0.2, 0.25) is 8.67 Å². The van der Waals surface area contributed by atoms with Crippen LogP contribution in [0.3, 0.4) is 0 Å². The van der Waals surface area contributed by atoms with Crippen LogP contribution in [0.25, 0.3) is 0 Å². The van der Waals surface area contributed by atoms with Crippen LogP contribution in [0.1, 0.15) is 11.6 Å². The summed E-state index contributed by atoms with van der Waals surface area (Å²) in [6.07, 6.45) is 0. The van der Waals surface area contributed by atoms with E-state index in [1.807, 2.05) is 0 Å². The third kappa shape index (κ3) is 1.90. The maximum atomic E-state index is 10.4. The van der Waals surface area contributed by atoms with Gasteiger partial charge >= 0.3 is 5.97 Å². The zero-order valence-electron chi connectivity index (χ0n) is 5.75. The summed E-state index contributed by atoms with van der Waals surface area (Å²) in [6.45, 7) is 0. The van der Waals surface area contributed by atoms with Crippen molar-refractivity contribution in [3.05, 3.63) is 20.3 Å². The summed E-state index contributed by atoms with van der Waals surface area (Å²) in [5.74, 6) is -1.12. The second-order valence-corrected chi connectivity index (χ2v) is 4.38. The molecule has 0 aliphatic rings. The summed E-state index contributed by atoms with van der Waals surface area (Å²) < 4.78 is 0.765. The van der Waals surface area contributed by atoms with E-state index in [1.165, 1.54) is 6.07 Å². The normalized spacial score (nSPS) is 12.9. The minimum atomic E-state index is -1.12. The van der Waals surface area contributed by atoms with Gasteiger partial charge in [0.05, 0.1) is 8.67 Å². The standard InChI is InChI=1S/C6H5Cl2NO2S/c7-3-1-2(5(8)12-3)4(9)6(10)11/h1,4H,9H2,(H,10,11). The molecule has 0 spiro atoms. The van der Waals surface area contributed by atoms with Crippen LogP contribution in [0.4, 0.5) is 0 Å². The van der Waals surface area contributed by atoms with Gasteiger partial charge in [0.15, 0.2) is 0 Å². The molecule has 12 heavy (non-hydrogen) atoms. The van der Waals surface area contributed by atoms with Gasteiger partial charge in [0.1, 0.15) is 6.04 Å². The van der Waals surface area contributed by atoms with Crippen LogP contribution >= 0.6 is 34.5 Å². The van der Waals surface area contributed by atoms with Gasteiger partial charge in [-0.2, -0.15) is 0 Å². The molecule has 0 bridgehead atoms. The monoisotopic (exact) mass is 225 g/mol. The molecule has 1 atom stereocenters. The fourth-order valence-corrected chi connectivity index (χ4v) is 2.25. The number of carboxylic acid groups (broad SMARTS) is 1. The van der Waals surface area contributed by atoms with E-state index >= 15 is 0 Å². The van der Waals surface area contributed by atoms with Crippen molar-refractivity contribution < 1.29 is 9.90 Å². The summed E-state index contributed by atoms with van der Waals surface area (Å²) in [5, 5.41) is 8.55. The van der Waals surface area contributed by atoms with E-state index in [2.05, 4.69) is 0 Å². The van der Waals surface area contributed by atoms with Crippen LogP contribution in [-0.4, -0.2) is 11.1 Å². The summed E-state index contributed by atoms with van der Waals surface area (Å²) in [5.41, 5.74) is 5.68. The van der Waals surface area contributed by atoms with Gasteiger partial charge in [-0.25, -0.2) is 0 Å². The van der Waals surface area contributed by atoms with Gasteiger partial charge in [0.25, 0.3) is 0 Å². The fourth-order valence-electron chi connectivity index (χ4n) is 0.698. The Bertz CT molecular complexity index is 312. The summed E-state index contributed by atoms with van der Waals surface area (Å²) in [7, 11) is 0. The van der Waals surface area contributed by atoms with Gasteiger partial charge in [0, 0.05) is 5.56 Å². The van der Waals surface area contributed by atoms with E-state index in [-0.39, 0.29) is 0 Å². The van der Waals surface area contributed by atoms with Crippen LogP contribution in [0.5, 0.6) is 0 Å². The molecule has 66 valence electrons. The number of rotatable bonds is 2. The van der Waals surface area contributed by atoms with Gasteiger partial charge in [0.2, 0.25) is 0 Å². The zero-order chi connectivity index (χ0) is 9.30. The molecule has 0 aromatic carbocycles. The topological polar surface area (TPSA) is 63.3 Å². The predicted octanol–water partition coefficient (Wildman–Crippen LogP) is 2.14. The number of thiophene rings is 1. The quantitative estimate of drug-likeness (QED) is 0.811. The van der Waals surface area contributed by atoms with Crippen LogP contribution in [-0.2, 0) is 4.79 Å². The van der Waals surface area contributed by atoms with E-state index < -0.39 is 12.0 Å². The lowest BCUT2D eigenvalue weighted by atomic mass is 10.2. The Morgan fingerprint density at radius 3 is 2.58 bits per heavy atom. The smallest absolute Gasteiger partial charge is 0.325 e. The van der Waals surface area contributed by atoms with Crippen molar-refractivity contribution in [1.82, 2.24) is 0 Å². The molecule has 1 unspecified atom stereocenters. The third-order valence-corrected chi connectivity index (χ3v) is 2.80. The van der Waals surface area contributed by atoms with Crippen molar-refractivity contribution in [2.75, 3.05) is 0 Å². The van der Waals surface area contributed by atoms with Crippen molar-refractivity contribution in [1.29, 1.82) is 0 Å². The van der Waals surface area contributed by atoms with Gasteiger partial charge in [-0.1, -0.05) is 23.2 Å². The molecule has 1 aromatic rings. The van der Waals surface area contributed by atoms with Crippen molar-refractivity contribution >= 4 is 40.5 Å². The molecule has 1 aromatic heterocycles. The average molecular weight is 226 g/mol. The van der Waals surface area contributed by atoms with Gasteiger partial charge < -0.3 is 10.8 Å². The fraction of sp³-hybridized carbons (Fsp3) is 0.167. The van der Waals surface area contributed by atoms with E-state index in [9.17, 15) is 4.79 Å². The van der Waals surface area contributed by atoms with Crippen LogP contribution in [0.15, 0.2) is 6.07 Å². The highest BCUT2D eigenvalue weighted by Gasteiger charge is 2.19. The lowest BCUT2D eigenvalue weighted by Crippen LogP contribution is -2.20. The van der Waals surface area contributed by atoms with Crippen LogP contribution in [0, 0.1) is 0 Å². The van der Waals surface area contributed by atoms with Gasteiger partial charge in [-0.15, -0.1) is 11.3 Å². The number of aliphatic carboxylic acids is 1. The Morgan fingerprint density at radius 2 is 2.25 bits per heavy atom. The lowest BCUT2D eigenvalue weighted by molar-refractivity contribution is -0.138. The first kappa shape index (κ1) is 9.80. The maximum Gasteiger partial charge on any atom is 0.325 e. The minimum Gasteiger partial charge on any atom is -0.480 e. The first-order valence-electron chi connectivity index (χ1n) is 2.95. The molecule has 0 fully saturated rings. The lowest BCUT2D eigenvalue weighted by Gasteiger charge is -2.02. The van der Waals surface area contributed by atoms with Crippen molar-refractivity contribution in [3.63, 3.8) is 0 Å². The molecule has 0 radical (unpaired) electrons. The van der Waals surface area contributed by atoms with Crippen molar-refractivity contribution in [2.24, 2.45) is 5.73 Å². The molecule has 1 heterocycles.